The van der Waals surface area contributed by atoms with Gasteiger partial charge in [-0.3, -0.25) is 9.58 Å². The van der Waals surface area contributed by atoms with Crippen LogP contribution in [0.25, 0.3) is 11.0 Å². The zero-order valence-electron chi connectivity index (χ0n) is 13.5. The number of hydrogen-bond donors (Lipinski definition) is 1. The van der Waals surface area contributed by atoms with Gasteiger partial charge < -0.3 is 5.11 Å². The predicted molar refractivity (Wildman–Crippen MR) is 88.4 cm³/mol. The monoisotopic (exact) mass is 327 g/mol. The largest absolute Gasteiger partial charge is 0.394 e. The van der Waals surface area contributed by atoms with Crippen molar-refractivity contribution in [2.45, 2.75) is 31.8 Å². The minimum absolute atomic E-state index is 0.119. The molecule has 7 nitrogen and oxygen atoms in total. The third-order valence-corrected chi connectivity index (χ3v) is 4.68. The van der Waals surface area contributed by atoms with Crippen LogP contribution in [0.5, 0.6) is 0 Å². The van der Waals surface area contributed by atoms with Crippen LogP contribution in [0.2, 0.25) is 0 Å². The van der Waals surface area contributed by atoms with Crippen LogP contribution in [0.15, 0.2) is 35.1 Å². The molecule has 24 heavy (non-hydrogen) atoms. The average Bonchev–Trinajstić information content (AvgIpc) is 3.25. The van der Waals surface area contributed by atoms with Gasteiger partial charge in [0.15, 0.2) is 0 Å². The summed E-state index contributed by atoms with van der Waals surface area (Å²) >= 11 is 0. The Balaban J connectivity index is 1.47. The summed E-state index contributed by atoms with van der Waals surface area (Å²) in [5, 5.41) is 21.6. The van der Waals surface area contributed by atoms with Crippen molar-refractivity contribution in [1.29, 1.82) is 0 Å². The molecule has 0 unspecified atom stereocenters. The quantitative estimate of drug-likeness (QED) is 0.769. The van der Waals surface area contributed by atoms with Crippen molar-refractivity contribution in [1.82, 2.24) is 25.0 Å². The molecule has 0 aliphatic carbocycles. The smallest absolute Gasteiger partial charge is 0.139 e. The molecular formula is C17H21N5O2. The van der Waals surface area contributed by atoms with Crippen molar-refractivity contribution in [2.24, 2.45) is 0 Å². The SMILES string of the molecule is OCCn1ccc([C@H]2CCCN(Cc3cccc4nonc34)C2)n1. The highest BCUT2D eigenvalue weighted by atomic mass is 16.6. The fourth-order valence-corrected chi connectivity index (χ4v) is 3.49. The van der Waals surface area contributed by atoms with Crippen molar-refractivity contribution in [3.8, 4) is 0 Å². The molecule has 0 amide bonds. The van der Waals surface area contributed by atoms with Gasteiger partial charge in [0.25, 0.3) is 0 Å². The Bertz CT molecular complexity index is 812. The summed E-state index contributed by atoms with van der Waals surface area (Å²) in [6, 6.07) is 8.08. The number of aliphatic hydroxyl groups excluding tert-OH is 1. The van der Waals surface area contributed by atoms with Crippen LogP contribution in [-0.2, 0) is 13.1 Å². The Morgan fingerprint density at radius 1 is 1.25 bits per heavy atom. The second-order valence-corrected chi connectivity index (χ2v) is 6.35. The maximum Gasteiger partial charge on any atom is 0.139 e. The van der Waals surface area contributed by atoms with E-state index in [1.807, 2.05) is 23.0 Å². The molecule has 0 radical (unpaired) electrons. The summed E-state index contributed by atoms with van der Waals surface area (Å²) in [5.74, 6) is 0.438. The minimum Gasteiger partial charge on any atom is -0.394 e. The highest BCUT2D eigenvalue weighted by molar-refractivity contribution is 5.76. The molecule has 1 N–H and O–H groups in total. The van der Waals surface area contributed by atoms with Crippen molar-refractivity contribution in [3.63, 3.8) is 0 Å². The Hall–Kier alpha value is -2.25. The molecule has 1 aliphatic rings. The molecule has 4 rings (SSSR count). The number of rotatable bonds is 5. The molecule has 0 spiro atoms. The lowest BCUT2D eigenvalue weighted by atomic mass is 9.94. The average molecular weight is 327 g/mol. The zero-order chi connectivity index (χ0) is 16.4. The number of aliphatic hydroxyl groups is 1. The second-order valence-electron chi connectivity index (χ2n) is 6.35. The topological polar surface area (TPSA) is 80.2 Å². The van der Waals surface area contributed by atoms with Gasteiger partial charge in [0.2, 0.25) is 0 Å². The van der Waals surface area contributed by atoms with Crippen LogP contribution >= 0.6 is 0 Å². The van der Waals surface area contributed by atoms with E-state index in [2.05, 4.69) is 32.4 Å². The number of fused-ring (bicyclic) bond motifs is 1. The fraction of sp³-hybridized carbons (Fsp3) is 0.471. The molecular weight excluding hydrogens is 306 g/mol. The fourth-order valence-electron chi connectivity index (χ4n) is 3.49. The lowest BCUT2D eigenvalue weighted by Gasteiger charge is -2.31. The van der Waals surface area contributed by atoms with Gasteiger partial charge in [0.1, 0.15) is 11.0 Å². The van der Waals surface area contributed by atoms with E-state index >= 15 is 0 Å². The van der Waals surface area contributed by atoms with Crippen LogP contribution in [0.1, 0.15) is 30.0 Å². The molecule has 0 bridgehead atoms. The molecule has 3 heterocycles. The summed E-state index contributed by atoms with van der Waals surface area (Å²) in [6.07, 6.45) is 4.26. The first-order valence-corrected chi connectivity index (χ1v) is 8.40. The third-order valence-electron chi connectivity index (χ3n) is 4.68. The number of nitrogens with zero attached hydrogens (tertiary/aromatic N) is 5. The second kappa shape index (κ2) is 6.70. The highest BCUT2D eigenvalue weighted by Crippen LogP contribution is 2.27. The first-order chi connectivity index (χ1) is 11.8. The van der Waals surface area contributed by atoms with Gasteiger partial charge in [-0.2, -0.15) is 5.10 Å². The standard InChI is InChI=1S/C17H21N5O2/c23-10-9-22-8-6-15(18-22)13-4-2-7-21(11-13)12-14-3-1-5-16-17(14)20-24-19-16/h1,3,5-6,8,13,23H,2,4,7,9-12H2/t13-/m0/s1. The van der Waals surface area contributed by atoms with Gasteiger partial charge >= 0.3 is 0 Å². The van der Waals surface area contributed by atoms with Crippen LogP contribution in [0.3, 0.4) is 0 Å². The zero-order valence-corrected chi connectivity index (χ0v) is 13.5. The normalized spacial score (nSPS) is 19.1. The van der Waals surface area contributed by atoms with Crippen molar-refractivity contribution >= 4 is 11.0 Å². The van der Waals surface area contributed by atoms with E-state index < -0.39 is 0 Å². The van der Waals surface area contributed by atoms with E-state index in [0.29, 0.717) is 12.5 Å². The van der Waals surface area contributed by atoms with Gasteiger partial charge in [-0.25, -0.2) is 4.63 Å². The first kappa shape index (κ1) is 15.3. The number of likely N-dealkylation sites (tertiary alicyclic amines) is 1. The van der Waals surface area contributed by atoms with Gasteiger partial charge in [0, 0.05) is 25.2 Å². The molecule has 0 saturated carbocycles. The van der Waals surface area contributed by atoms with Gasteiger partial charge in [-0.15, -0.1) is 0 Å². The van der Waals surface area contributed by atoms with Gasteiger partial charge in [-0.05, 0) is 47.4 Å². The van der Waals surface area contributed by atoms with E-state index in [9.17, 15) is 0 Å². The van der Waals surface area contributed by atoms with Crippen LogP contribution in [0, 0.1) is 0 Å². The van der Waals surface area contributed by atoms with Crippen LogP contribution in [0.4, 0.5) is 0 Å². The van der Waals surface area contributed by atoms with E-state index in [0.717, 1.165) is 54.8 Å². The van der Waals surface area contributed by atoms with Crippen molar-refractivity contribution in [3.05, 3.63) is 41.7 Å². The van der Waals surface area contributed by atoms with Gasteiger partial charge in [-0.1, -0.05) is 12.1 Å². The summed E-state index contributed by atoms with van der Waals surface area (Å²) in [7, 11) is 0. The molecule has 126 valence electrons. The minimum atomic E-state index is 0.119. The first-order valence-electron chi connectivity index (χ1n) is 8.40. The molecule has 7 heteroatoms. The number of aromatic nitrogens is 4. The Kier molecular flexibility index (Phi) is 4.27. The third kappa shape index (κ3) is 3.05. The molecule has 3 aromatic rings. The lowest BCUT2D eigenvalue weighted by molar-refractivity contribution is 0.198. The summed E-state index contributed by atoms with van der Waals surface area (Å²) in [4.78, 5) is 2.45. The number of benzene rings is 1. The van der Waals surface area contributed by atoms with E-state index in [-0.39, 0.29) is 6.61 Å². The van der Waals surface area contributed by atoms with Gasteiger partial charge in [0.05, 0.1) is 18.8 Å². The molecule has 2 aromatic heterocycles. The van der Waals surface area contributed by atoms with Crippen LogP contribution in [-0.4, -0.2) is 49.8 Å². The van der Waals surface area contributed by atoms with Crippen molar-refractivity contribution < 1.29 is 9.74 Å². The molecule has 1 aromatic carbocycles. The molecule has 1 saturated heterocycles. The van der Waals surface area contributed by atoms with Crippen LogP contribution < -0.4 is 0 Å². The summed E-state index contributed by atoms with van der Waals surface area (Å²) in [6.45, 7) is 3.58. The van der Waals surface area contributed by atoms with E-state index in [1.165, 1.54) is 0 Å². The molecule has 1 atom stereocenters. The molecule has 1 fully saturated rings. The highest BCUT2D eigenvalue weighted by Gasteiger charge is 2.24. The summed E-state index contributed by atoms with van der Waals surface area (Å²) < 4.78 is 6.67. The van der Waals surface area contributed by atoms with Crippen molar-refractivity contribution in [2.75, 3.05) is 19.7 Å². The van der Waals surface area contributed by atoms with E-state index in [4.69, 9.17) is 9.74 Å². The van der Waals surface area contributed by atoms with E-state index in [1.54, 1.807) is 0 Å². The summed E-state index contributed by atoms with van der Waals surface area (Å²) in [5.41, 5.74) is 3.94. The maximum absolute atomic E-state index is 9.03. The molecule has 1 aliphatic heterocycles. The Morgan fingerprint density at radius 2 is 2.21 bits per heavy atom. The maximum atomic E-state index is 9.03. The Morgan fingerprint density at radius 3 is 3.12 bits per heavy atom. The Labute approximate surface area is 139 Å². The lowest BCUT2D eigenvalue weighted by Crippen LogP contribution is -2.34. The number of piperidine rings is 1. The predicted octanol–water partition coefficient (Wildman–Crippen LogP) is 1.79. The number of hydrogen-bond acceptors (Lipinski definition) is 6.